The van der Waals surface area contributed by atoms with E-state index in [1.165, 1.54) is 6.92 Å². The molecule has 29 heavy (non-hydrogen) atoms. The van der Waals surface area contributed by atoms with Crippen LogP contribution in [0.2, 0.25) is 0 Å². The largest absolute Gasteiger partial charge is 0.452 e. The summed E-state index contributed by atoms with van der Waals surface area (Å²) in [6.45, 7) is 6.70. The Morgan fingerprint density at radius 3 is 2.21 bits per heavy atom. The van der Waals surface area contributed by atoms with Gasteiger partial charge in [-0.05, 0) is 51.0 Å². The maximum absolute atomic E-state index is 12.6. The number of para-hydroxylation sites is 1. The second kappa shape index (κ2) is 9.67. The fourth-order valence-corrected chi connectivity index (χ4v) is 4.51. The number of amides is 1. The molecular weight excluding hydrogens is 392 g/mol. The first kappa shape index (κ1) is 22.6. The number of anilines is 1. The van der Waals surface area contributed by atoms with Crippen LogP contribution >= 0.6 is 0 Å². The number of hydrogen-bond acceptors (Lipinski definition) is 5. The summed E-state index contributed by atoms with van der Waals surface area (Å²) in [7, 11) is -3.76. The number of carbonyl (C=O) groups excluding carboxylic acids is 2. The van der Waals surface area contributed by atoms with Crippen molar-refractivity contribution in [2.45, 2.75) is 45.1 Å². The number of hydrogen-bond donors (Lipinski definition) is 2. The average Bonchev–Trinajstić information content (AvgIpc) is 2.61. The van der Waals surface area contributed by atoms with Gasteiger partial charge in [0.05, 0.1) is 11.3 Å². The number of sulfonamides is 1. The summed E-state index contributed by atoms with van der Waals surface area (Å²) in [6.07, 6.45) is -1.19. The van der Waals surface area contributed by atoms with Crippen molar-refractivity contribution in [2.24, 2.45) is 0 Å². The molecule has 156 valence electrons. The molecule has 0 spiro atoms. The van der Waals surface area contributed by atoms with Gasteiger partial charge in [-0.15, -0.1) is 0 Å². The first-order chi connectivity index (χ1) is 13.6. The summed E-state index contributed by atoms with van der Waals surface area (Å²) in [5.41, 5.74) is 2.86. The van der Waals surface area contributed by atoms with Crippen LogP contribution in [-0.4, -0.2) is 32.9 Å². The Balaban J connectivity index is 1.87. The normalized spacial score (nSPS) is 12.3. The maximum atomic E-state index is 12.6. The minimum atomic E-state index is -3.76. The van der Waals surface area contributed by atoms with Gasteiger partial charge in [0.1, 0.15) is 0 Å². The van der Waals surface area contributed by atoms with Crippen LogP contribution < -0.4 is 10.0 Å². The molecule has 7 nitrogen and oxygen atoms in total. The van der Waals surface area contributed by atoms with Gasteiger partial charge >= 0.3 is 5.97 Å². The minimum Gasteiger partial charge on any atom is -0.452 e. The summed E-state index contributed by atoms with van der Waals surface area (Å²) < 4.78 is 32.6. The van der Waals surface area contributed by atoms with Crippen molar-refractivity contribution < 1.29 is 22.7 Å². The summed E-state index contributed by atoms with van der Waals surface area (Å²) in [5, 5.41) is 2.64. The van der Waals surface area contributed by atoms with E-state index in [1.807, 2.05) is 13.0 Å². The van der Waals surface area contributed by atoms with Gasteiger partial charge in [-0.3, -0.25) is 9.59 Å². The molecule has 2 aromatic carbocycles. The van der Waals surface area contributed by atoms with Gasteiger partial charge in [-0.2, -0.15) is 0 Å². The third kappa shape index (κ3) is 6.40. The zero-order valence-electron chi connectivity index (χ0n) is 17.0. The topological polar surface area (TPSA) is 102 Å². The second-order valence-corrected chi connectivity index (χ2v) is 8.57. The van der Waals surface area contributed by atoms with Crippen LogP contribution in [0.1, 0.15) is 30.0 Å². The Morgan fingerprint density at radius 1 is 1.03 bits per heavy atom. The van der Waals surface area contributed by atoms with E-state index in [4.69, 9.17) is 4.74 Å². The Bertz CT molecular complexity index is 964. The predicted molar refractivity (Wildman–Crippen MR) is 111 cm³/mol. The van der Waals surface area contributed by atoms with Gasteiger partial charge in [-0.1, -0.05) is 35.9 Å². The SMILES string of the molecule is Cc1cc(C)c(S(=O)(=O)NCCC(=O)O[C@H](C)C(=O)Nc2ccccc2)c(C)c1. The monoisotopic (exact) mass is 418 g/mol. The first-order valence-electron chi connectivity index (χ1n) is 9.23. The number of esters is 1. The number of rotatable bonds is 8. The van der Waals surface area contributed by atoms with E-state index >= 15 is 0 Å². The molecule has 0 aliphatic rings. The van der Waals surface area contributed by atoms with Crippen LogP contribution in [0.4, 0.5) is 5.69 Å². The zero-order valence-corrected chi connectivity index (χ0v) is 17.8. The highest BCUT2D eigenvalue weighted by atomic mass is 32.2. The lowest BCUT2D eigenvalue weighted by molar-refractivity contribution is -0.152. The van der Waals surface area contributed by atoms with Crippen LogP contribution in [0, 0.1) is 20.8 Å². The van der Waals surface area contributed by atoms with Gasteiger partial charge in [0, 0.05) is 12.2 Å². The lowest BCUT2D eigenvalue weighted by Crippen LogP contribution is -2.32. The molecule has 0 aliphatic carbocycles. The lowest BCUT2D eigenvalue weighted by Gasteiger charge is -2.15. The van der Waals surface area contributed by atoms with E-state index in [2.05, 4.69) is 10.0 Å². The van der Waals surface area contributed by atoms with Crippen LogP contribution in [0.25, 0.3) is 0 Å². The number of carbonyl (C=O) groups is 2. The molecule has 0 fully saturated rings. The fourth-order valence-electron chi connectivity index (χ4n) is 3.03. The second-order valence-electron chi connectivity index (χ2n) is 6.86. The Hall–Kier alpha value is -2.71. The lowest BCUT2D eigenvalue weighted by atomic mass is 10.1. The van der Waals surface area contributed by atoms with Crippen molar-refractivity contribution >= 4 is 27.6 Å². The molecule has 0 aromatic heterocycles. The molecule has 0 heterocycles. The van der Waals surface area contributed by atoms with E-state index in [1.54, 1.807) is 50.2 Å². The van der Waals surface area contributed by atoms with Gasteiger partial charge < -0.3 is 10.1 Å². The molecule has 0 aliphatic heterocycles. The quantitative estimate of drug-likeness (QED) is 0.642. The van der Waals surface area contributed by atoms with E-state index in [-0.39, 0.29) is 17.9 Å². The van der Waals surface area contributed by atoms with Crippen molar-refractivity contribution in [2.75, 3.05) is 11.9 Å². The third-order valence-corrected chi connectivity index (χ3v) is 5.98. The molecule has 0 unspecified atom stereocenters. The van der Waals surface area contributed by atoms with Gasteiger partial charge in [0.15, 0.2) is 6.10 Å². The molecule has 0 bridgehead atoms. The molecule has 1 amide bonds. The fraction of sp³-hybridized carbons (Fsp3) is 0.333. The van der Waals surface area contributed by atoms with Crippen molar-refractivity contribution in [1.82, 2.24) is 4.72 Å². The first-order valence-corrected chi connectivity index (χ1v) is 10.7. The van der Waals surface area contributed by atoms with E-state index < -0.39 is 28.0 Å². The molecule has 0 radical (unpaired) electrons. The highest BCUT2D eigenvalue weighted by Crippen LogP contribution is 2.21. The van der Waals surface area contributed by atoms with E-state index in [0.717, 1.165) is 5.56 Å². The average molecular weight is 419 g/mol. The summed E-state index contributed by atoms with van der Waals surface area (Å²) >= 11 is 0. The summed E-state index contributed by atoms with van der Waals surface area (Å²) in [6, 6.07) is 12.4. The van der Waals surface area contributed by atoms with Gasteiger partial charge in [0.2, 0.25) is 10.0 Å². The molecule has 2 rings (SSSR count). The molecule has 1 atom stereocenters. The highest BCUT2D eigenvalue weighted by Gasteiger charge is 2.21. The smallest absolute Gasteiger partial charge is 0.307 e. The highest BCUT2D eigenvalue weighted by molar-refractivity contribution is 7.89. The minimum absolute atomic E-state index is 0.124. The van der Waals surface area contributed by atoms with Crippen molar-refractivity contribution in [3.05, 3.63) is 59.2 Å². The van der Waals surface area contributed by atoms with Gasteiger partial charge in [0.25, 0.3) is 5.91 Å². The van der Waals surface area contributed by atoms with Crippen molar-refractivity contribution in [3.63, 3.8) is 0 Å². The molecule has 2 aromatic rings. The van der Waals surface area contributed by atoms with Crippen molar-refractivity contribution in [1.29, 1.82) is 0 Å². The van der Waals surface area contributed by atoms with Crippen LogP contribution in [0.15, 0.2) is 47.4 Å². The number of benzene rings is 2. The maximum Gasteiger partial charge on any atom is 0.307 e. The number of nitrogens with one attached hydrogen (secondary N) is 2. The van der Waals surface area contributed by atoms with E-state index in [9.17, 15) is 18.0 Å². The van der Waals surface area contributed by atoms with Crippen molar-refractivity contribution in [3.8, 4) is 0 Å². The third-order valence-electron chi connectivity index (χ3n) is 4.21. The standard InChI is InChI=1S/C21H26N2O5S/c1-14-12-15(2)20(16(3)13-14)29(26,27)22-11-10-19(24)28-17(4)21(25)23-18-8-6-5-7-9-18/h5-9,12-13,17,22H,10-11H2,1-4H3,(H,23,25)/t17-/m1/s1. The summed E-state index contributed by atoms with van der Waals surface area (Å²) in [5.74, 6) is -1.13. The molecule has 0 saturated heterocycles. The summed E-state index contributed by atoms with van der Waals surface area (Å²) in [4.78, 5) is 24.3. The van der Waals surface area contributed by atoms with Crippen LogP contribution in [0.5, 0.6) is 0 Å². The van der Waals surface area contributed by atoms with Gasteiger partial charge in [-0.25, -0.2) is 13.1 Å². The Labute approximate surface area is 171 Å². The zero-order chi connectivity index (χ0) is 21.6. The molecule has 0 saturated carbocycles. The van der Waals surface area contributed by atoms with Crippen LogP contribution in [0.3, 0.4) is 0 Å². The number of ether oxygens (including phenoxy) is 1. The molecular formula is C21H26N2O5S. The Morgan fingerprint density at radius 2 is 1.62 bits per heavy atom. The molecule has 8 heteroatoms. The van der Waals surface area contributed by atoms with E-state index in [0.29, 0.717) is 16.8 Å². The number of aryl methyl sites for hydroxylation is 3. The molecule has 2 N–H and O–H groups in total. The Kier molecular flexibility index (Phi) is 7.53. The van der Waals surface area contributed by atoms with Crippen LogP contribution in [-0.2, 0) is 24.3 Å². The predicted octanol–water partition coefficient (Wildman–Crippen LogP) is 2.85.